The maximum Gasteiger partial charge on any atom is -0.00201 e. The first kappa shape index (κ1) is 32.7. The molecule has 0 fully saturated rings. The van der Waals surface area contributed by atoms with Crippen LogP contribution in [0.4, 0.5) is 0 Å². The van der Waals surface area contributed by atoms with E-state index >= 15 is 0 Å². The molecule has 58 heavy (non-hydrogen) atoms. The summed E-state index contributed by atoms with van der Waals surface area (Å²) in [5, 5.41) is 15.3. The van der Waals surface area contributed by atoms with Gasteiger partial charge in [0.25, 0.3) is 0 Å². The molecule has 0 aliphatic heterocycles. The maximum atomic E-state index is 2.46. The van der Waals surface area contributed by atoms with E-state index < -0.39 is 0 Å². The quantitative estimate of drug-likeness (QED) is 0.155. The van der Waals surface area contributed by atoms with Gasteiger partial charge in [0.1, 0.15) is 0 Å². The molecular formula is C58H36. The first-order valence-corrected chi connectivity index (χ1v) is 20.2. The SMILES string of the molecule is c1ccc(-c2cc3ccccc3cc2-c2ccc3c(c2)c(-c2ccccc2)c(-c2ccccc2)c2cc(-c4ccc5ccc6cccc7ccc4c5c67)ccc23)cc1. The van der Waals surface area contributed by atoms with Crippen LogP contribution in [-0.2, 0) is 0 Å². The molecule has 0 spiro atoms. The molecule has 268 valence electrons. The van der Waals surface area contributed by atoms with E-state index in [-0.39, 0.29) is 0 Å². The third kappa shape index (κ3) is 5.09. The summed E-state index contributed by atoms with van der Waals surface area (Å²) in [6.45, 7) is 0. The molecule has 0 amide bonds. The van der Waals surface area contributed by atoms with Crippen LogP contribution >= 0.6 is 0 Å². The lowest BCUT2D eigenvalue weighted by Crippen LogP contribution is -1.94. The summed E-state index contributed by atoms with van der Waals surface area (Å²) in [4.78, 5) is 0. The Morgan fingerprint density at radius 1 is 0.190 bits per heavy atom. The Kier molecular flexibility index (Phi) is 7.33. The summed E-state index contributed by atoms with van der Waals surface area (Å²) in [7, 11) is 0. The normalized spacial score (nSPS) is 11.8. The van der Waals surface area contributed by atoms with Gasteiger partial charge in [-0.1, -0.05) is 194 Å². The average molecular weight is 733 g/mol. The third-order valence-electron chi connectivity index (χ3n) is 12.4. The van der Waals surface area contributed by atoms with Gasteiger partial charge in [-0.15, -0.1) is 0 Å². The van der Waals surface area contributed by atoms with Crippen molar-refractivity contribution in [2.45, 2.75) is 0 Å². The van der Waals surface area contributed by atoms with Gasteiger partial charge in [-0.2, -0.15) is 0 Å². The standard InChI is InChI=1S/C58H36/c1-4-13-37(14-5-1)51-33-43-19-10-11-20-44(43)34-52(51)46-28-31-49-48-30-27-45(47-29-25-42-24-23-40-21-12-22-41-26-32-50(47)56(42)55(40)41)35-53(48)57(38-15-6-2-7-16-38)58(54(49)36-46)39-17-8-3-9-18-39/h1-36H. The fourth-order valence-corrected chi connectivity index (χ4v) is 9.71. The molecule has 0 radical (unpaired) electrons. The summed E-state index contributed by atoms with van der Waals surface area (Å²) in [6, 6.07) is 81.0. The summed E-state index contributed by atoms with van der Waals surface area (Å²) < 4.78 is 0. The predicted octanol–water partition coefficient (Wildman–Crippen LogP) is 16.4. The van der Waals surface area contributed by atoms with E-state index in [2.05, 4.69) is 218 Å². The molecule has 12 aromatic rings. The topological polar surface area (TPSA) is 0 Å². The Labute approximate surface area is 337 Å². The third-order valence-corrected chi connectivity index (χ3v) is 12.4. The van der Waals surface area contributed by atoms with Crippen LogP contribution in [0.1, 0.15) is 0 Å². The van der Waals surface area contributed by atoms with Crippen molar-refractivity contribution in [1.29, 1.82) is 0 Å². The predicted molar refractivity (Wildman–Crippen MR) is 250 cm³/mol. The van der Waals surface area contributed by atoms with E-state index in [1.54, 1.807) is 0 Å². The second-order valence-corrected chi connectivity index (χ2v) is 15.6. The highest BCUT2D eigenvalue weighted by molar-refractivity contribution is 6.27. The highest BCUT2D eigenvalue weighted by atomic mass is 14.2. The first-order chi connectivity index (χ1) is 28.8. The van der Waals surface area contributed by atoms with E-state index in [9.17, 15) is 0 Å². The van der Waals surface area contributed by atoms with Crippen molar-refractivity contribution < 1.29 is 0 Å². The lowest BCUT2D eigenvalue weighted by atomic mass is 9.82. The van der Waals surface area contributed by atoms with Gasteiger partial charge in [0.15, 0.2) is 0 Å². The summed E-state index contributed by atoms with van der Waals surface area (Å²) in [6.07, 6.45) is 0. The Bertz CT molecular complexity index is 3510. The van der Waals surface area contributed by atoms with Crippen LogP contribution in [0, 0.1) is 0 Å². The van der Waals surface area contributed by atoms with E-state index in [1.165, 1.54) is 120 Å². The molecule has 0 saturated carbocycles. The van der Waals surface area contributed by atoms with Gasteiger partial charge in [0.05, 0.1) is 0 Å². The molecule has 0 nitrogen and oxygen atoms in total. The van der Waals surface area contributed by atoms with Crippen LogP contribution < -0.4 is 0 Å². The Morgan fingerprint density at radius 3 is 1.17 bits per heavy atom. The van der Waals surface area contributed by atoms with Crippen LogP contribution in [0.3, 0.4) is 0 Å². The van der Waals surface area contributed by atoms with Gasteiger partial charge in [-0.05, 0) is 145 Å². The smallest absolute Gasteiger partial charge is 0.00201 e. The van der Waals surface area contributed by atoms with E-state index in [0.717, 1.165) is 0 Å². The second-order valence-electron chi connectivity index (χ2n) is 15.6. The van der Waals surface area contributed by atoms with Gasteiger partial charge in [0, 0.05) is 0 Å². The van der Waals surface area contributed by atoms with E-state index in [4.69, 9.17) is 0 Å². The molecule has 12 rings (SSSR count). The van der Waals surface area contributed by atoms with Crippen molar-refractivity contribution in [1.82, 2.24) is 0 Å². The van der Waals surface area contributed by atoms with Gasteiger partial charge in [0.2, 0.25) is 0 Å². The Morgan fingerprint density at radius 2 is 0.603 bits per heavy atom. The summed E-state index contributed by atoms with van der Waals surface area (Å²) >= 11 is 0. The lowest BCUT2D eigenvalue weighted by Gasteiger charge is -2.21. The van der Waals surface area contributed by atoms with E-state index in [1.807, 2.05) is 0 Å². The van der Waals surface area contributed by atoms with Crippen LogP contribution in [0.2, 0.25) is 0 Å². The minimum atomic E-state index is 1.21. The number of hydrogen-bond donors (Lipinski definition) is 0. The molecule has 0 heteroatoms. The van der Waals surface area contributed by atoms with Crippen LogP contribution in [0.25, 0.3) is 120 Å². The van der Waals surface area contributed by atoms with Crippen LogP contribution in [-0.4, -0.2) is 0 Å². The fraction of sp³-hybridized carbons (Fsp3) is 0. The van der Waals surface area contributed by atoms with Crippen molar-refractivity contribution >= 4 is 64.6 Å². The van der Waals surface area contributed by atoms with E-state index in [0.29, 0.717) is 0 Å². The molecule has 0 aliphatic carbocycles. The molecule has 0 bridgehead atoms. The Balaban J connectivity index is 1.17. The van der Waals surface area contributed by atoms with Gasteiger partial charge < -0.3 is 0 Å². The number of fused-ring (bicyclic) bond motifs is 4. The highest BCUT2D eigenvalue weighted by Crippen LogP contribution is 2.48. The molecule has 0 heterocycles. The fourth-order valence-electron chi connectivity index (χ4n) is 9.71. The molecule has 0 aromatic heterocycles. The first-order valence-electron chi connectivity index (χ1n) is 20.2. The maximum absolute atomic E-state index is 2.46. The molecule has 12 aromatic carbocycles. The minimum absolute atomic E-state index is 1.21. The molecule has 0 saturated heterocycles. The average Bonchev–Trinajstić information content (AvgIpc) is 3.30. The molecule has 0 N–H and O–H groups in total. The monoisotopic (exact) mass is 732 g/mol. The zero-order valence-corrected chi connectivity index (χ0v) is 31.8. The van der Waals surface area contributed by atoms with Gasteiger partial charge >= 0.3 is 0 Å². The summed E-state index contributed by atoms with van der Waals surface area (Å²) in [5.74, 6) is 0. The number of benzene rings is 12. The zero-order chi connectivity index (χ0) is 38.2. The number of rotatable bonds is 5. The van der Waals surface area contributed by atoms with Crippen molar-refractivity contribution in [3.8, 4) is 55.6 Å². The van der Waals surface area contributed by atoms with Crippen LogP contribution in [0.5, 0.6) is 0 Å². The van der Waals surface area contributed by atoms with Gasteiger partial charge in [-0.3, -0.25) is 0 Å². The van der Waals surface area contributed by atoms with Crippen LogP contribution in [0.15, 0.2) is 218 Å². The van der Waals surface area contributed by atoms with Crippen molar-refractivity contribution in [3.05, 3.63) is 218 Å². The molecule has 0 unspecified atom stereocenters. The Hall–Kier alpha value is -7.54. The number of hydrogen-bond acceptors (Lipinski definition) is 0. The molecular weight excluding hydrogens is 697 g/mol. The lowest BCUT2D eigenvalue weighted by molar-refractivity contribution is 1.61. The zero-order valence-electron chi connectivity index (χ0n) is 31.8. The highest BCUT2D eigenvalue weighted by Gasteiger charge is 2.21. The molecule has 0 atom stereocenters. The van der Waals surface area contributed by atoms with Crippen molar-refractivity contribution in [3.63, 3.8) is 0 Å². The summed E-state index contributed by atoms with van der Waals surface area (Å²) in [5.41, 5.74) is 12.3. The van der Waals surface area contributed by atoms with Crippen molar-refractivity contribution in [2.75, 3.05) is 0 Å². The second kappa shape index (κ2) is 13.0. The van der Waals surface area contributed by atoms with Crippen molar-refractivity contribution in [2.24, 2.45) is 0 Å². The largest absolute Gasteiger partial charge is 0.0622 e. The molecule has 0 aliphatic rings. The van der Waals surface area contributed by atoms with Gasteiger partial charge in [-0.25, -0.2) is 0 Å². The minimum Gasteiger partial charge on any atom is -0.0622 e.